The van der Waals surface area contributed by atoms with E-state index < -0.39 is 0 Å². The molecule has 5 heteroatoms. The van der Waals surface area contributed by atoms with Crippen molar-refractivity contribution >= 4 is 22.2 Å². The maximum absolute atomic E-state index is 12.5. The van der Waals surface area contributed by atoms with E-state index in [2.05, 4.69) is 4.98 Å². The van der Waals surface area contributed by atoms with Crippen LogP contribution < -0.4 is 10.2 Å². The molecule has 0 N–H and O–H groups in total. The molecule has 0 radical (unpaired) electrons. The number of benzene rings is 1. The van der Waals surface area contributed by atoms with Gasteiger partial charge in [0.15, 0.2) is 5.43 Å². The highest BCUT2D eigenvalue weighted by molar-refractivity contribution is 7.08. The summed E-state index contributed by atoms with van der Waals surface area (Å²) < 4.78 is 7.93. The maximum atomic E-state index is 12.5. The Hall–Kier alpha value is -2.92. The predicted octanol–water partition coefficient (Wildman–Crippen LogP) is 4.55. The lowest BCUT2D eigenvalue weighted by Gasteiger charge is -2.17. The molecular weight excluding hydrogens is 320 g/mol. The van der Waals surface area contributed by atoms with Gasteiger partial charge in [0.25, 0.3) is 0 Å². The fourth-order valence-corrected chi connectivity index (χ4v) is 3.19. The molecule has 0 atom stereocenters. The SMILES string of the molecule is Cc1cc2c(cn1)c(=O)cc(Oc1ccsc1)n2-c1ccccc1. The molecule has 3 heterocycles. The van der Waals surface area contributed by atoms with Gasteiger partial charge in [-0.2, -0.15) is 0 Å². The first-order valence-electron chi connectivity index (χ1n) is 7.50. The zero-order valence-corrected chi connectivity index (χ0v) is 13.8. The van der Waals surface area contributed by atoms with E-state index in [4.69, 9.17) is 4.74 Å². The lowest BCUT2D eigenvalue weighted by molar-refractivity contribution is 0.454. The summed E-state index contributed by atoms with van der Waals surface area (Å²) in [6, 6.07) is 15.2. The van der Waals surface area contributed by atoms with E-state index in [-0.39, 0.29) is 5.43 Å². The molecule has 0 saturated heterocycles. The Labute approximate surface area is 142 Å². The summed E-state index contributed by atoms with van der Waals surface area (Å²) in [5.41, 5.74) is 2.46. The topological polar surface area (TPSA) is 44.1 Å². The van der Waals surface area contributed by atoms with Crippen molar-refractivity contribution in [2.24, 2.45) is 0 Å². The number of pyridine rings is 2. The van der Waals surface area contributed by atoms with Gasteiger partial charge >= 0.3 is 0 Å². The van der Waals surface area contributed by atoms with Crippen LogP contribution in [0.15, 0.2) is 70.3 Å². The molecule has 1 aromatic carbocycles. The molecule has 0 saturated carbocycles. The highest BCUT2D eigenvalue weighted by Gasteiger charge is 2.13. The second-order valence-corrected chi connectivity index (χ2v) is 6.20. The average Bonchev–Trinajstić information content (AvgIpc) is 3.08. The monoisotopic (exact) mass is 334 g/mol. The minimum absolute atomic E-state index is 0.102. The van der Waals surface area contributed by atoms with Crippen LogP contribution in [0, 0.1) is 6.92 Å². The van der Waals surface area contributed by atoms with Gasteiger partial charge in [0.1, 0.15) is 5.75 Å². The van der Waals surface area contributed by atoms with Crippen molar-refractivity contribution in [3.63, 3.8) is 0 Å². The molecule has 4 aromatic rings. The number of nitrogens with zero attached hydrogens (tertiary/aromatic N) is 2. The van der Waals surface area contributed by atoms with E-state index >= 15 is 0 Å². The molecular formula is C19H14N2O2S. The van der Waals surface area contributed by atoms with Gasteiger partial charge < -0.3 is 4.74 Å². The maximum Gasteiger partial charge on any atom is 0.209 e. The summed E-state index contributed by atoms with van der Waals surface area (Å²) in [5.74, 6) is 1.21. The van der Waals surface area contributed by atoms with Crippen molar-refractivity contribution in [2.45, 2.75) is 6.92 Å². The molecule has 3 aromatic heterocycles. The largest absolute Gasteiger partial charge is 0.439 e. The quantitative estimate of drug-likeness (QED) is 0.552. The van der Waals surface area contributed by atoms with Gasteiger partial charge in [0.05, 0.1) is 10.9 Å². The normalized spacial score (nSPS) is 10.9. The Morgan fingerprint density at radius 2 is 1.96 bits per heavy atom. The Morgan fingerprint density at radius 1 is 1.12 bits per heavy atom. The summed E-state index contributed by atoms with van der Waals surface area (Å²) >= 11 is 1.55. The van der Waals surface area contributed by atoms with Crippen molar-refractivity contribution in [3.8, 4) is 17.3 Å². The first kappa shape index (κ1) is 14.7. The molecule has 0 aliphatic heterocycles. The first-order valence-corrected chi connectivity index (χ1v) is 8.44. The minimum atomic E-state index is -0.102. The molecule has 4 nitrogen and oxygen atoms in total. The Morgan fingerprint density at radius 3 is 2.71 bits per heavy atom. The van der Waals surface area contributed by atoms with Crippen LogP contribution in [0.5, 0.6) is 11.6 Å². The van der Waals surface area contributed by atoms with E-state index in [1.165, 1.54) is 6.07 Å². The molecule has 0 fully saturated rings. The number of ether oxygens (including phenoxy) is 1. The number of para-hydroxylation sites is 1. The van der Waals surface area contributed by atoms with Crippen LogP contribution in [-0.2, 0) is 0 Å². The standard InChI is InChI=1S/C19H14N2O2S/c1-13-9-17-16(11-20-13)18(22)10-19(23-15-7-8-24-12-15)21(17)14-5-3-2-4-6-14/h2-12H,1H3. The molecule has 4 rings (SSSR count). The second kappa shape index (κ2) is 5.94. The van der Waals surface area contributed by atoms with Crippen molar-refractivity contribution in [3.05, 3.63) is 81.4 Å². The van der Waals surface area contributed by atoms with Crippen LogP contribution in [0.4, 0.5) is 0 Å². The fraction of sp³-hybridized carbons (Fsp3) is 0.0526. The highest BCUT2D eigenvalue weighted by atomic mass is 32.1. The highest BCUT2D eigenvalue weighted by Crippen LogP contribution is 2.28. The Balaban J connectivity index is 2.05. The first-order chi connectivity index (χ1) is 11.7. The number of fused-ring (bicyclic) bond motifs is 1. The van der Waals surface area contributed by atoms with Crippen LogP contribution in [0.1, 0.15) is 5.69 Å². The van der Waals surface area contributed by atoms with Crippen LogP contribution in [0.25, 0.3) is 16.6 Å². The van der Waals surface area contributed by atoms with Gasteiger partial charge in [-0.15, -0.1) is 11.3 Å². The lowest BCUT2D eigenvalue weighted by atomic mass is 10.2. The van der Waals surface area contributed by atoms with Gasteiger partial charge in [-0.25, -0.2) is 0 Å². The van der Waals surface area contributed by atoms with Gasteiger partial charge in [0, 0.05) is 29.0 Å². The smallest absolute Gasteiger partial charge is 0.209 e. The van der Waals surface area contributed by atoms with E-state index in [9.17, 15) is 4.79 Å². The summed E-state index contributed by atoms with van der Waals surface area (Å²) in [7, 11) is 0. The molecule has 118 valence electrons. The minimum Gasteiger partial charge on any atom is -0.439 e. The zero-order chi connectivity index (χ0) is 16.5. The Bertz CT molecular complexity index is 1050. The third kappa shape index (κ3) is 2.59. The van der Waals surface area contributed by atoms with E-state index in [1.54, 1.807) is 17.5 Å². The van der Waals surface area contributed by atoms with Gasteiger partial charge in [-0.3, -0.25) is 14.3 Å². The van der Waals surface area contributed by atoms with Crippen molar-refractivity contribution in [1.82, 2.24) is 9.55 Å². The fourth-order valence-electron chi connectivity index (χ4n) is 2.64. The number of aryl methyl sites for hydroxylation is 1. The zero-order valence-electron chi connectivity index (χ0n) is 13.0. The molecule has 0 aliphatic rings. The Kier molecular flexibility index (Phi) is 3.63. The molecule has 0 aliphatic carbocycles. The number of rotatable bonds is 3. The van der Waals surface area contributed by atoms with E-state index in [1.807, 2.05) is 64.7 Å². The molecule has 0 spiro atoms. The van der Waals surface area contributed by atoms with Crippen LogP contribution in [-0.4, -0.2) is 9.55 Å². The molecule has 0 amide bonds. The molecule has 0 bridgehead atoms. The van der Waals surface area contributed by atoms with E-state index in [0.29, 0.717) is 17.0 Å². The van der Waals surface area contributed by atoms with Gasteiger partial charge in [0.2, 0.25) is 5.88 Å². The van der Waals surface area contributed by atoms with Crippen LogP contribution in [0.2, 0.25) is 0 Å². The average molecular weight is 334 g/mol. The summed E-state index contributed by atoms with van der Waals surface area (Å²) in [6.07, 6.45) is 1.63. The third-order valence-electron chi connectivity index (χ3n) is 3.73. The summed E-state index contributed by atoms with van der Waals surface area (Å²) in [4.78, 5) is 16.7. The van der Waals surface area contributed by atoms with Crippen molar-refractivity contribution in [2.75, 3.05) is 0 Å². The second-order valence-electron chi connectivity index (χ2n) is 5.42. The van der Waals surface area contributed by atoms with Crippen molar-refractivity contribution in [1.29, 1.82) is 0 Å². The van der Waals surface area contributed by atoms with Crippen molar-refractivity contribution < 1.29 is 4.74 Å². The lowest BCUT2D eigenvalue weighted by Crippen LogP contribution is -2.11. The van der Waals surface area contributed by atoms with Gasteiger partial charge in [-0.1, -0.05) is 18.2 Å². The number of hydrogen-bond acceptors (Lipinski definition) is 4. The summed E-state index contributed by atoms with van der Waals surface area (Å²) in [6.45, 7) is 1.91. The number of aromatic nitrogens is 2. The van der Waals surface area contributed by atoms with Crippen LogP contribution >= 0.6 is 11.3 Å². The molecule has 24 heavy (non-hydrogen) atoms. The number of thiophene rings is 1. The number of hydrogen-bond donors (Lipinski definition) is 0. The van der Waals surface area contributed by atoms with E-state index in [0.717, 1.165) is 16.9 Å². The molecule has 0 unspecified atom stereocenters. The van der Waals surface area contributed by atoms with Crippen LogP contribution in [0.3, 0.4) is 0 Å². The van der Waals surface area contributed by atoms with Gasteiger partial charge in [-0.05, 0) is 36.6 Å². The summed E-state index contributed by atoms with van der Waals surface area (Å²) in [5, 5.41) is 4.42. The predicted molar refractivity (Wildman–Crippen MR) is 96.5 cm³/mol. The third-order valence-corrected chi connectivity index (χ3v) is 4.39.